The van der Waals surface area contributed by atoms with Crippen LogP contribution in [0.2, 0.25) is 0 Å². The molecule has 1 aromatic heterocycles. The molecule has 0 spiro atoms. The van der Waals surface area contributed by atoms with Gasteiger partial charge in [0.05, 0.1) is 7.11 Å². The Kier molecular flexibility index (Phi) is 7.85. The van der Waals surface area contributed by atoms with Crippen molar-refractivity contribution in [3.63, 3.8) is 0 Å². The van der Waals surface area contributed by atoms with Crippen LogP contribution in [0.1, 0.15) is 44.3 Å². The van der Waals surface area contributed by atoms with E-state index in [1.54, 1.807) is 7.11 Å². The third-order valence-corrected chi connectivity index (χ3v) is 6.36. The van der Waals surface area contributed by atoms with Crippen LogP contribution in [0.3, 0.4) is 0 Å². The summed E-state index contributed by atoms with van der Waals surface area (Å²) in [7, 11) is 1.70. The largest absolute Gasteiger partial charge is 0.497 e. The van der Waals surface area contributed by atoms with Gasteiger partial charge in [-0.1, -0.05) is 6.42 Å². The summed E-state index contributed by atoms with van der Waals surface area (Å²) in [5.74, 6) is 4.23. The van der Waals surface area contributed by atoms with E-state index >= 15 is 0 Å². The lowest BCUT2D eigenvalue weighted by atomic mass is 10.2. The van der Waals surface area contributed by atoms with E-state index in [0.717, 1.165) is 82.6 Å². The molecule has 3 heterocycles. The predicted octanol–water partition coefficient (Wildman–Crippen LogP) is 2.73. The van der Waals surface area contributed by atoms with E-state index in [0.29, 0.717) is 0 Å². The quantitative estimate of drug-likeness (QED) is 0.406. The molecule has 8 nitrogen and oxygen atoms in total. The number of fused-ring (bicyclic) bond motifs is 1. The summed E-state index contributed by atoms with van der Waals surface area (Å²) in [6.45, 7) is 8.81. The number of nitrogens with one attached hydrogen (secondary N) is 1. The first kappa shape index (κ1) is 22.4. The minimum atomic E-state index is 0.809. The number of hydrogen-bond acceptors (Lipinski definition) is 5. The van der Waals surface area contributed by atoms with Crippen molar-refractivity contribution in [1.29, 1.82) is 0 Å². The Balaban J connectivity index is 1.28. The van der Waals surface area contributed by atoms with Crippen LogP contribution in [0, 0.1) is 0 Å². The molecule has 2 aromatic rings. The summed E-state index contributed by atoms with van der Waals surface area (Å²) < 4.78 is 7.62. The molecule has 1 N–H and O–H groups in total. The smallest absolute Gasteiger partial charge is 0.194 e. The van der Waals surface area contributed by atoms with Crippen LogP contribution in [-0.2, 0) is 19.4 Å². The molecule has 32 heavy (non-hydrogen) atoms. The minimum absolute atomic E-state index is 0.809. The van der Waals surface area contributed by atoms with Crippen molar-refractivity contribution in [1.82, 2.24) is 25.0 Å². The minimum Gasteiger partial charge on any atom is -0.497 e. The van der Waals surface area contributed by atoms with Crippen molar-refractivity contribution in [3.8, 4) is 5.75 Å². The number of piperazine rings is 1. The third kappa shape index (κ3) is 5.53. The van der Waals surface area contributed by atoms with E-state index in [2.05, 4.69) is 48.9 Å². The molecule has 1 aromatic carbocycles. The summed E-state index contributed by atoms with van der Waals surface area (Å²) >= 11 is 0. The molecule has 174 valence electrons. The van der Waals surface area contributed by atoms with Crippen LogP contribution < -0.4 is 15.0 Å². The molecule has 0 radical (unpaired) electrons. The molecule has 0 bridgehead atoms. The zero-order chi connectivity index (χ0) is 22.2. The second-order valence-corrected chi connectivity index (χ2v) is 8.51. The maximum Gasteiger partial charge on any atom is 0.194 e. The van der Waals surface area contributed by atoms with Crippen LogP contribution in [0.25, 0.3) is 0 Å². The molecule has 0 saturated carbocycles. The van der Waals surface area contributed by atoms with Crippen LogP contribution >= 0.6 is 0 Å². The van der Waals surface area contributed by atoms with E-state index in [4.69, 9.17) is 9.73 Å². The van der Waals surface area contributed by atoms with Gasteiger partial charge in [-0.3, -0.25) is 4.99 Å². The maximum absolute atomic E-state index is 5.28. The first-order valence-electron chi connectivity index (χ1n) is 12.1. The molecule has 0 atom stereocenters. The Hall–Kier alpha value is -2.77. The molecule has 0 aliphatic carbocycles. The summed E-state index contributed by atoms with van der Waals surface area (Å²) in [6.07, 6.45) is 6.78. The maximum atomic E-state index is 5.28. The number of nitrogens with zero attached hydrogens (tertiary/aromatic N) is 6. The summed E-state index contributed by atoms with van der Waals surface area (Å²) in [5.41, 5.74) is 1.25. The highest BCUT2D eigenvalue weighted by Gasteiger charge is 2.20. The zero-order valence-corrected chi connectivity index (χ0v) is 19.6. The van der Waals surface area contributed by atoms with Crippen molar-refractivity contribution in [2.24, 2.45) is 4.99 Å². The van der Waals surface area contributed by atoms with Gasteiger partial charge in [-0.15, -0.1) is 10.2 Å². The van der Waals surface area contributed by atoms with E-state index in [1.165, 1.54) is 30.8 Å². The van der Waals surface area contributed by atoms with Gasteiger partial charge < -0.3 is 24.4 Å². The summed E-state index contributed by atoms with van der Waals surface area (Å²) in [6, 6.07) is 8.33. The number of ether oxygens (including phenoxy) is 1. The summed E-state index contributed by atoms with van der Waals surface area (Å²) in [4.78, 5) is 9.74. The number of aryl methyl sites for hydroxylation is 2. The lowest BCUT2D eigenvalue weighted by molar-refractivity contribution is 0.372. The van der Waals surface area contributed by atoms with Crippen molar-refractivity contribution in [2.45, 2.75) is 52.0 Å². The topological polar surface area (TPSA) is 70.8 Å². The molecule has 4 rings (SSSR count). The number of guanidine groups is 1. The fourth-order valence-electron chi connectivity index (χ4n) is 4.55. The lowest BCUT2D eigenvalue weighted by Crippen LogP contribution is -2.52. The Morgan fingerprint density at radius 1 is 1.03 bits per heavy atom. The monoisotopic (exact) mass is 439 g/mol. The van der Waals surface area contributed by atoms with Gasteiger partial charge in [-0.2, -0.15) is 0 Å². The van der Waals surface area contributed by atoms with Gasteiger partial charge in [0.1, 0.15) is 17.4 Å². The van der Waals surface area contributed by atoms with Crippen molar-refractivity contribution < 1.29 is 4.74 Å². The molecule has 2 aliphatic heterocycles. The van der Waals surface area contributed by atoms with Crippen molar-refractivity contribution >= 4 is 11.6 Å². The average molecular weight is 440 g/mol. The van der Waals surface area contributed by atoms with Crippen LogP contribution in [-0.4, -0.2) is 72.0 Å². The number of benzene rings is 1. The molecule has 0 unspecified atom stereocenters. The highest BCUT2D eigenvalue weighted by Crippen LogP contribution is 2.20. The normalized spacial score (nSPS) is 17.1. The fraction of sp³-hybridized carbons (Fsp3) is 0.625. The number of hydrogen-bond donors (Lipinski definition) is 1. The number of rotatable bonds is 7. The van der Waals surface area contributed by atoms with Gasteiger partial charge in [-0.05, 0) is 50.5 Å². The Morgan fingerprint density at radius 3 is 2.59 bits per heavy atom. The number of aliphatic imine (C=N–C) groups is 1. The molecule has 0 amide bonds. The van der Waals surface area contributed by atoms with E-state index in [-0.39, 0.29) is 0 Å². The van der Waals surface area contributed by atoms with Gasteiger partial charge in [-0.25, -0.2) is 0 Å². The van der Waals surface area contributed by atoms with E-state index < -0.39 is 0 Å². The number of methoxy groups -OCH3 is 1. The zero-order valence-electron chi connectivity index (χ0n) is 19.6. The Bertz CT molecular complexity index is 869. The first-order valence-corrected chi connectivity index (χ1v) is 12.1. The predicted molar refractivity (Wildman–Crippen MR) is 129 cm³/mol. The lowest BCUT2D eigenvalue weighted by Gasteiger charge is -2.37. The van der Waals surface area contributed by atoms with Crippen LogP contribution in [0.15, 0.2) is 29.3 Å². The average Bonchev–Trinajstić information content (AvgIpc) is 3.06. The molecule has 1 fully saturated rings. The van der Waals surface area contributed by atoms with Crippen LogP contribution in [0.5, 0.6) is 5.75 Å². The Labute approximate surface area is 191 Å². The number of aromatic nitrogens is 3. The second kappa shape index (κ2) is 11.2. The Morgan fingerprint density at radius 2 is 1.84 bits per heavy atom. The van der Waals surface area contributed by atoms with Gasteiger partial charge in [0.15, 0.2) is 5.96 Å². The van der Waals surface area contributed by atoms with Gasteiger partial charge >= 0.3 is 0 Å². The van der Waals surface area contributed by atoms with Gasteiger partial charge in [0, 0.05) is 64.3 Å². The molecular formula is C24H37N7O. The van der Waals surface area contributed by atoms with Crippen molar-refractivity contribution in [2.75, 3.05) is 51.3 Å². The molecule has 8 heteroatoms. The number of anilines is 1. The first-order chi connectivity index (χ1) is 15.8. The van der Waals surface area contributed by atoms with Gasteiger partial charge in [0.2, 0.25) is 0 Å². The van der Waals surface area contributed by atoms with E-state index in [9.17, 15) is 0 Å². The standard InChI is InChI=1S/C24H37N7O/c1-3-25-24(26-14-7-9-23-28-27-22-8-5-4-6-15-31(22)23)30-18-16-29(17-19-30)20-10-12-21(32-2)13-11-20/h10-13H,3-9,14-19H2,1-2H3,(H,25,26). The summed E-state index contributed by atoms with van der Waals surface area (Å²) in [5, 5.41) is 12.4. The SMILES string of the molecule is CCNC(=NCCCc1nnc2n1CCCCC2)N1CCN(c2ccc(OC)cc2)CC1. The third-order valence-electron chi connectivity index (χ3n) is 6.36. The highest BCUT2D eigenvalue weighted by molar-refractivity contribution is 5.80. The second-order valence-electron chi connectivity index (χ2n) is 8.51. The molecule has 1 saturated heterocycles. The van der Waals surface area contributed by atoms with Gasteiger partial charge in [0.25, 0.3) is 0 Å². The highest BCUT2D eigenvalue weighted by atomic mass is 16.5. The fourth-order valence-corrected chi connectivity index (χ4v) is 4.55. The van der Waals surface area contributed by atoms with Crippen molar-refractivity contribution in [3.05, 3.63) is 35.9 Å². The van der Waals surface area contributed by atoms with E-state index in [1.807, 2.05) is 12.1 Å². The molecular weight excluding hydrogens is 402 g/mol. The molecule has 2 aliphatic rings. The van der Waals surface area contributed by atoms with Crippen LogP contribution in [0.4, 0.5) is 5.69 Å².